The minimum Gasteiger partial charge on any atom is -0.399 e. The second kappa shape index (κ2) is 5.08. The summed E-state index contributed by atoms with van der Waals surface area (Å²) >= 11 is 0. The molecule has 1 atom stereocenters. The topological polar surface area (TPSA) is 75.4 Å². The lowest BCUT2D eigenvalue weighted by atomic mass is 10.1. The Balaban J connectivity index is 2.17. The number of amides is 2. The molecule has 2 amide bonds. The van der Waals surface area contributed by atoms with E-state index in [2.05, 4.69) is 5.32 Å². The lowest BCUT2D eigenvalue weighted by Gasteiger charge is -2.23. The van der Waals surface area contributed by atoms with Crippen LogP contribution in [0.5, 0.6) is 0 Å². The molecule has 0 spiro atoms. The SMILES string of the molecule is CNC(=O)C1CCCN1C(=O)c1ccc(N)cc1. The maximum absolute atomic E-state index is 12.3. The van der Waals surface area contributed by atoms with Crippen LogP contribution in [0.4, 0.5) is 5.69 Å². The molecule has 1 aliphatic rings. The highest BCUT2D eigenvalue weighted by Gasteiger charge is 2.33. The van der Waals surface area contributed by atoms with E-state index in [4.69, 9.17) is 5.73 Å². The molecular weight excluding hydrogens is 230 g/mol. The van der Waals surface area contributed by atoms with Gasteiger partial charge in [-0.05, 0) is 37.1 Å². The first-order chi connectivity index (χ1) is 8.63. The molecule has 0 bridgehead atoms. The molecule has 96 valence electrons. The van der Waals surface area contributed by atoms with Crippen molar-refractivity contribution in [2.24, 2.45) is 0 Å². The molecule has 0 saturated carbocycles. The normalized spacial score (nSPS) is 18.7. The first-order valence-electron chi connectivity index (χ1n) is 6.01. The second-order valence-corrected chi connectivity index (χ2v) is 4.39. The van der Waals surface area contributed by atoms with E-state index >= 15 is 0 Å². The van der Waals surface area contributed by atoms with Crippen molar-refractivity contribution in [2.75, 3.05) is 19.3 Å². The van der Waals surface area contributed by atoms with Crippen LogP contribution in [-0.4, -0.2) is 36.3 Å². The fourth-order valence-electron chi connectivity index (χ4n) is 2.24. The van der Waals surface area contributed by atoms with Crippen LogP contribution in [0.2, 0.25) is 0 Å². The molecule has 2 rings (SSSR count). The van der Waals surface area contributed by atoms with Gasteiger partial charge < -0.3 is 16.0 Å². The van der Waals surface area contributed by atoms with Crippen LogP contribution < -0.4 is 11.1 Å². The third kappa shape index (κ3) is 2.30. The van der Waals surface area contributed by atoms with Crippen LogP contribution in [0.15, 0.2) is 24.3 Å². The molecule has 1 saturated heterocycles. The van der Waals surface area contributed by atoms with Crippen molar-refractivity contribution in [1.82, 2.24) is 10.2 Å². The number of nitrogens with zero attached hydrogens (tertiary/aromatic N) is 1. The van der Waals surface area contributed by atoms with Crippen LogP contribution in [-0.2, 0) is 4.79 Å². The van der Waals surface area contributed by atoms with E-state index in [1.807, 2.05) is 0 Å². The van der Waals surface area contributed by atoms with Gasteiger partial charge in [0.25, 0.3) is 5.91 Å². The van der Waals surface area contributed by atoms with E-state index in [0.717, 1.165) is 12.8 Å². The van der Waals surface area contributed by atoms with Crippen LogP contribution in [0.3, 0.4) is 0 Å². The molecule has 5 nitrogen and oxygen atoms in total. The Morgan fingerprint density at radius 3 is 2.61 bits per heavy atom. The van der Waals surface area contributed by atoms with E-state index < -0.39 is 0 Å². The molecule has 3 N–H and O–H groups in total. The third-order valence-electron chi connectivity index (χ3n) is 3.22. The zero-order valence-corrected chi connectivity index (χ0v) is 10.3. The van der Waals surface area contributed by atoms with Gasteiger partial charge in [-0.15, -0.1) is 0 Å². The number of likely N-dealkylation sites (tertiary alicyclic amines) is 1. The Morgan fingerprint density at radius 1 is 1.33 bits per heavy atom. The van der Waals surface area contributed by atoms with Crippen LogP contribution in [0.1, 0.15) is 23.2 Å². The number of carbonyl (C=O) groups excluding carboxylic acids is 2. The molecule has 1 fully saturated rings. The summed E-state index contributed by atoms with van der Waals surface area (Å²) in [7, 11) is 1.59. The van der Waals surface area contributed by atoms with Gasteiger partial charge in [-0.25, -0.2) is 0 Å². The summed E-state index contributed by atoms with van der Waals surface area (Å²) in [6, 6.07) is 6.42. The average Bonchev–Trinajstić information content (AvgIpc) is 2.87. The van der Waals surface area contributed by atoms with Crippen molar-refractivity contribution >= 4 is 17.5 Å². The number of nitrogen functional groups attached to an aromatic ring is 1. The van der Waals surface area contributed by atoms with Crippen LogP contribution >= 0.6 is 0 Å². The first kappa shape index (κ1) is 12.4. The number of nitrogens with one attached hydrogen (secondary N) is 1. The molecule has 18 heavy (non-hydrogen) atoms. The average molecular weight is 247 g/mol. The van der Waals surface area contributed by atoms with Crippen molar-refractivity contribution in [3.8, 4) is 0 Å². The van der Waals surface area contributed by atoms with Crippen LogP contribution in [0.25, 0.3) is 0 Å². The number of carbonyl (C=O) groups is 2. The standard InChI is InChI=1S/C13H17N3O2/c1-15-12(17)11-3-2-8-16(11)13(18)9-4-6-10(14)7-5-9/h4-7,11H,2-3,8,14H2,1H3,(H,15,17). The summed E-state index contributed by atoms with van der Waals surface area (Å²) in [6.07, 6.45) is 1.58. The second-order valence-electron chi connectivity index (χ2n) is 4.39. The van der Waals surface area contributed by atoms with Crippen molar-refractivity contribution in [2.45, 2.75) is 18.9 Å². The van der Waals surface area contributed by atoms with Crippen LogP contribution in [0, 0.1) is 0 Å². The fraction of sp³-hybridized carbons (Fsp3) is 0.385. The maximum Gasteiger partial charge on any atom is 0.254 e. The number of hydrogen-bond acceptors (Lipinski definition) is 3. The Kier molecular flexibility index (Phi) is 3.50. The van der Waals surface area contributed by atoms with Gasteiger partial charge in [-0.3, -0.25) is 9.59 Å². The van der Waals surface area contributed by atoms with Gasteiger partial charge in [0.1, 0.15) is 6.04 Å². The molecule has 1 aromatic carbocycles. The summed E-state index contributed by atoms with van der Waals surface area (Å²) in [6.45, 7) is 0.626. The zero-order valence-electron chi connectivity index (χ0n) is 10.3. The Morgan fingerprint density at radius 2 is 2.00 bits per heavy atom. The highest BCUT2D eigenvalue weighted by molar-refractivity contribution is 5.98. The zero-order chi connectivity index (χ0) is 13.1. The first-order valence-corrected chi connectivity index (χ1v) is 6.01. The van der Waals surface area contributed by atoms with E-state index in [1.54, 1.807) is 36.2 Å². The monoisotopic (exact) mass is 247 g/mol. The predicted molar refractivity (Wildman–Crippen MR) is 69.0 cm³/mol. The molecule has 0 radical (unpaired) electrons. The number of hydrogen-bond donors (Lipinski definition) is 2. The molecule has 0 aliphatic carbocycles. The summed E-state index contributed by atoms with van der Waals surface area (Å²) in [5, 5.41) is 2.60. The van der Waals surface area contributed by atoms with Gasteiger partial charge in [-0.1, -0.05) is 0 Å². The smallest absolute Gasteiger partial charge is 0.254 e. The lowest BCUT2D eigenvalue weighted by molar-refractivity contribution is -0.124. The Labute approximate surface area is 106 Å². The van der Waals surface area contributed by atoms with Gasteiger partial charge >= 0.3 is 0 Å². The molecule has 1 unspecified atom stereocenters. The molecule has 5 heteroatoms. The number of rotatable bonds is 2. The third-order valence-corrected chi connectivity index (χ3v) is 3.22. The molecule has 1 aromatic rings. The van der Waals surface area contributed by atoms with E-state index in [9.17, 15) is 9.59 Å². The highest BCUT2D eigenvalue weighted by Crippen LogP contribution is 2.20. The number of anilines is 1. The van der Waals surface area contributed by atoms with Crippen molar-refractivity contribution in [3.05, 3.63) is 29.8 Å². The quantitative estimate of drug-likeness (QED) is 0.752. The van der Waals surface area contributed by atoms with E-state index in [-0.39, 0.29) is 17.9 Å². The van der Waals surface area contributed by atoms with E-state index in [0.29, 0.717) is 17.8 Å². The number of nitrogens with two attached hydrogens (primary N) is 1. The molecule has 1 heterocycles. The maximum atomic E-state index is 12.3. The summed E-state index contributed by atoms with van der Waals surface area (Å²) in [4.78, 5) is 25.6. The summed E-state index contributed by atoms with van der Waals surface area (Å²) in [5.74, 6) is -0.211. The molecular formula is C13H17N3O2. The molecule has 0 aromatic heterocycles. The number of benzene rings is 1. The van der Waals surface area contributed by atoms with Crippen molar-refractivity contribution < 1.29 is 9.59 Å². The summed E-state index contributed by atoms with van der Waals surface area (Å²) in [5.41, 5.74) is 6.78. The van der Waals surface area contributed by atoms with Gasteiger partial charge in [0, 0.05) is 24.8 Å². The van der Waals surface area contributed by atoms with Gasteiger partial charge in [0.2, 0.25) is 5.91 Å². The van der Waals surface area contributed by atoms with Gasteiger partial charge in [0.05, 0.1) is 0 Å². The van der Waals surface area contributed by atoms with E-state index in [1.165, 1.54) is 0 Å². The lowest BCUT2D eigenvalue weighted by Crippen LogP contribution is -2.44. The van der Waals surface area contributed by atoms with Crippen molar-refractivity contribution in [3.63, 3.8) is 0 Å². The minimum atomic E-state index is -0.347. The van der Waals surface area contributed by atoms with Crippen molar-refractivity contribution in [1.29, 1.82) is 0 Å². The minimum absolute atomic E-state index is 0.101. The Bertz CT molecular complexity index is 456. The fourth-order valence-corrected chi connectivity index (χ4v) is 2.24. The largest absolute Gasteiger partial charge is 0.399 e. The van der Waals surface area contributed by atoms with Gasteiger partial charge in [-0.2, -0.15) is 0 Å². The molecule has 1 aliphatic heterocycles. The summed E-state index contributed by atoms with van der Waals surface area (Å²) < 4.78 is 0. The van der Waals surface area contributed by atoms with Gasteiger partial charge in [0.15, 0.2) is 0 Å². The highest BCUT2D eigenvalue weighted by atomic mass is 16.2. The Hall–Kier alpha value is -2.04. The predicted octanol–water partition coefficient (Wildman–Crippen LogP) is 0.619. The number of likely N-dealkylation sites (N-methyl/N-ethyl adjacent to an activating group) is 1.